The van der Waals surface area contributed by atoms with E-state index in [1.807, 2.05) is 30.3 Å². The molecular formula is C70H84N6O16. The average molecular weight is 1270 g/mol. The van der Waals surface area contributed by atoms with E-state index in [-0.39, 0.29) is 63.1 Å². The van der Waals surface area contributed by atoms with Crippen LogP contribution in [0.3, 0.4) is 0 Å². The Bertz CT molecular complexity index is 3410. The number of benzene rings is 5. The summed E-state index contributed by atoms with van der Waals surface area (Å²) >= 11 is 0. The fourth-order valence-electron chi connectivity index (χ4n) is 11.0. The number of phenolic OH excluding ortho intramolecular Hbond substituents is 1. The fourth-order valence-corrected chi connectivity index (χ4v) is 11.0. The number of esters is 2. The van der Waals surface area contributed by atoms with Gasteiger partial charge in [-0.15, -0.1) is 0 Å². The third-order valence-electron chi connectivity index (χ3n) is 16.3. The summed E-state index contributed by atoms with van der Waals surface area (Å²) in [4.78, 5) is 133. The Morgan fingerprint density at radius 1 is 0.652 bits per heavy atom. The molecule has 2 aliphatic heterocycles. The highest BCUT2D eigenvalue weighted by molar-refractivity contribution is 6.38. The van der Waals surface area contributed by atoms with Crippen LogP contribution in [0, 0.1) is 5.41 Å². The van der Waals surface area contributed by atoms with E-state index in [9.17, 15) is 48.3 Å². The Hall–Kier alpha value is -9.73. The maximum Gasteiger partial charge on any atom is 0.330 e. The molecule has 5 aromatic carbocycles. The molecule has 0 aliphatic carbocycles. The van der Waals surface area contributed by atoms with Crippen LogP contribution < -0.4 is 29.6 Å². The van der Waals surface area contributed by atoms with Gasteiger partial charge in [0.25, 0.3) is 11.8 Å². The predicted octanol–water partition coefficient (Wildman–Crippen LogP) is 6.33. The van der Waals surface area contributed by atoms with E-state index in [4.69, 9.17) is 28.4 Å². The molecule has 6 amide bonds. The van der Waals surface area contributed by atoms with Gasteiger partial charge in [0, 0.05) is 59.6 Å². The first-order valence-corrected chi connectivity index (χ1v) is 30.7. The van der Waals surface area contributed by atoms with Crippen LogP contribution in [0.1, 0.15) is 86.3 Å². The highest BCUT2D eigenvalue weighted by Crippen LogP contribution is 2.41. The van der Waals surface area contributed by atoms with Gasteiger partial charge in [0.2, 0.25) is 35.2 Å². The molecule has 0 radical (unpaired) electrons. The van der Waals surface area contributed by atoms with Crippen molar-refractivity contribution in [1.82, 2.24) is 30.2 Å². The van der Waals surface area contributed by atoms with Crippen molar-refractivity contribution in [3.8, 4) is 28.7 Å². The number of Topliss-reactive ketones (excluding diaryl/α,β-unsaturated/α-hetero) is 1. The lowest BCUT2D eigenvalue weighted by Gasteiger charge is -2.36. The maximum absolute atomic E-state index is 14.9. The molecule has 7 rings (SSSR count). The number of nitrogens with one attached hydrogen (secondary N) is 2. The van der Waals surface area contributed by atoms with Crippen molar-refractivity contribution < 1.29 is 76.7 Å². The van der Waals surface area contributed by atoms with E-state index in [1.54, 1.807) is 92.0 Å². The van der Waals surface area contributed by atoms with Gasteiger partial charge in [-0.25, -0.2) is 9.59 Å². The summed E-state index contributed by atoms with van der Waals surface area (Å²) in [6.45, 7) is 1.69. The number of allylic oxidation sites excluding steroid dienone is 1. The predicted molar refractivity (Wildman–Crippen MR) is 340 cm³/mol. The number of carbonyl (C=O) groups excluding carboxylic acids is 9. The summed E-state index contributed by atoms with van der Waals surface area (Å²) in [5, 5.41) is 15.9. The van der Waals surface area contributed by atoms with E-state index in [0.717, 1.165) is 10.5 Å². The number of fused-ring (bicyclic) bond motifs is 3. The van der Waals surface area contributed by atoms with Gasteiger partial charge >= 0.3 is 11.9 Å². The van der Waals surface area contributed by atoms with Gasteiger partial charge < -0.3 is 63.8 Å². The lowest BCUT2D eigenvalue weighted by atomic mass is 9.87. The minimum atomic E-state index is -1.51. The Kier molecular flexibility index (Phi) is 25.3. The number of cyclic esters (lactones) is 2. The van der Waals surface area contributed by atoms with E-state index < -0.39 is 109 Å². The lowest BCUT2D eigenvalue weighted by molar-refractivity contribution is -0.165. The van der Waals surface area contributed by atoms with Gasteiger partial charge in [-0.3, -0.25) is 33.6 Å². The zero-order valence-electron chi connectivity index (χ0n) is 53.6. The first-order valence-electron chi connectivity index (χ1n) is 30.7. The summed E-state index contributed by atoms with van der Waals surface area (Å²) in [5.41, 5.74) is 1.62. The number of likely N-dealkylation sites (N-methyl/N-ethyl adjacent to an activating group) is 3. The number of nitrogens with zero attached hydrogens (tertiary/aromatic N) is 4. The van der Waals surface area contributed by atoms with Crippen LogP contribution >= 0.6 is 0 Å². The third kappa shape index (κ3) is 19.2. The molecule has 22 heteroatoms. The molecule has 2 heterocycles. The molecule has 2 bridgehead atoms. The van der Waals surface area contributed by atoms with Gasteiger partial charge in [-0.1, -0.05) is 97.1 Å². The number of aryl methyl sites for hydroxylation is 1. The summed E-state index contributed by atoms with van der Waals surface area (Å²) in [6.07, 6.45) is 4.15. The minimum Gasteiger partial charge on any atom is -0.508 e. The van der Waals surface area contributed by atoms with E-state index >= 15 is 0 Å². The second-order valence-corrected chi connectivity index (χ2v) is 23.6. The molecule has 5 aromatic rings. The smallest absolute Gasteiger partial charge is 0.330 e. The van der Waals surface area contributed by atoms with Gasteiger partial charge in [0.15, 0.2) is 18.1 Å². The molecule has 490 valence electrons. The lowest BCUT2D eigenvalue weighted by Crippen LogP contribution is -2.57. The van der Waals surface area contributed by atoms with Crippen molar-refractivity contribution in [1.29, 1.82) is 0 Å². The normalized spacial score (nSPS) is 21.3. The van der Waals surface area contributed by atoms with Crippen LogP contribution in [0.15, 0.2) is 133 Å². The summed E-state index contributed by atoms with van der Waals surface area (Å²) in [7, 11) is 8.89. The molecule has 3 N–H and O–H groups in total. The van der Waals surface area contributed by atoms with Crippen molar-refractivity contribution in [3.05, 3.63) is 161 Å². The highest BCUT2D eigenvalue weighted by atomic mass is 16.6. The number of hydrogen-bond acceptors (Lipinski definition) is 16. The Morgan fingerprint density at radius 2 is 1.29 bits per heavy atom. The molecular weight excluding hydrogens is 1180 g/mol. The number of ether oxygens (including phenoxy) is 6. The highest BCUT2D eigenvalue weighted by Gasteiger charge is 2.43. The minimum absolute atomic E-state index is 0.0102. The van der Waals surface area contributed by atoms with E-state index in [2.05, 4.69) is 10.6 Å². The van der Waals surface area contributed by atoms with Crippen LogP contribution in [-0.2, 0) is 78.3 Å². The number of carbonyl (C=O) groups is 9. The number of ketones is 1. The zero-order chi connectivity index (χ0) is 66.5. The second kappa shape index (κ2) is 33.4. The molecule has 2 aliphatic rings. The topological polar surface area (TPSA) is 266 Å². The molecule has 1 saturated heterocycles. The van der Waals surface area contributed by atoms with Crippen molar-refractivity contribution in [2.75, 3.05) is 75.3 Å². The second-order valence-electron chi connectivity index (χ2n) is 23.6. The summed E-state index contributed by atoms with van der Waals surface area (Å²) < 4.78 is 35.0. The van der Waals surface area contributed by atoms with Gasteiger partial charge in [-0.2, -0.15) is 0 Å². The van der Waals surface area contributed by atoms with Gasteiger partial charge in [0.05, 0.1) is 33.3 Å². The summed E-state index contributed by atoms with van der Waals surface area (Å²) in [6, 6.07) is 29.5. The van der Waals surface area contributed by atoms with E-state index in [0.29, 0.717) is 65.2 Å². The molecule has 5 atom stereocenters. The molecule has 22 nitrogen and oxygen atoms in total. The average Bonchev–Trinajstić information content (AvgIpc) is 1.18. The number of piperidine rings is 1. The molecule has 92 heavy (non-hydrogen) atoms. The van der Waals surface area contributed by atoms with Crippen LogP contribution in [-0.4, -0.2) is 177 Å². The standard InChI is InChI=1S/C70H84N6O16/c1-70(2)45-91-61(80)28-16-11-18-37-73(3)66(83)53(39-46-21-12-9-13-22-46)71-59(78)43-74(4)67(84)54(40-47-23-14-10-15-24-47)72-65(82)56(41-48-29-33-51(77)34-30-48)75(5)60(79)44-90-52-26-20-25-50(42-52)57(35-31-49-32-36-58(87-6)63(89-8)62(49)88-7)92-69(86)55-27-17-19-38-76(55)68(85)64(70)81/h9-10,12-16,20-26,28-30,32-34,36,42,53-57,77H,11,17-19,27,31,35,37-41,43-45H2,1-8H3,(H,71,78)(H,72,82)/b28-16+/t53-,54-,55+,56+,57-/m1/s1. The molecule has 0 saturated carbocycles. The number of hydrogen-bond donors (Lipinski definition) is 3. The van der Waals surface area contributed by atoms with Crippen molar-refractivity contribution >= 4 is 53.2 Å². The summed E-state index contributed by atoms with van der Waals surface area (Å²) in [5.74, 6) is -5.10. The largest absolute Gasteiger partial charge is 0.508 e. The number of rotatable bonds is 12. The molecule has 0 spiro atoms. The molecule has 0 aromatic heterocycles. The van der Waals surface area contributed by atoms with Gasteiger partial charge in [0.1, 0.15) is 48.4 Å². The fraction of sp³-hybridized carbons (Fsp3) is 0.414. The quantitative estimate of drug-likeness (QED) is 0.0911. The number of methoxy groups -OCH3 is 3. The Labute approximate surface area is 537 Å². The van der Waals surface area contributed by atoms with Gasteiger partial charge in [-0.05, 0) is 117 Å². The number of phenols is 1. The third-order valence-corrected chi connectivity index (χ3v) is 16.3. The Morgan fingerprint density at radius 3 is 1.95 bits per heavy atom. The first kappa shape index (κ1) is 69.7. The van der Waals surface area contributed by atoms with Crippen LogP contribution in [0.25, 0.3) is 0 Å². The monoisotopic (exact) mass is 1260 g/mol. The van der Waals surface area contributed by atoms with Crippen molar-refractivity contribution in [2.45, 2.75) is 108 Å². The molecule has 1 fully saturated rings. The van der Waals surface area contributed by atoms with E-state index in [1.165, 1.54) is 82.2 Å². The first-order chi connectivity index (χ1) is 44.1. The number of aromatic hydroxyl groups is 1. The van der Waals surface area contributed by atoms with Crippen LogP contribution in [0.2, 0.25) is 0 Å². The maximum atomic E-state index is 14.9. The Balaban J connectivity index is 1.22. The van der Waals surface area contributed by atoms with Crippen LogP contribution in [0.5, 0.6) is 28.7 Å². The van der Waals surface area contributed by atoms with Crippen LogP contribution in [0.4, 0.5) is 0 Å². The SMILES string of the molecule is COc1ccc(CC[C@H]2OC(=O)[C@@H]3CCCCN3C(=O)C(=O)C(C)(C)COC(=O)/C=C/CCCN(C)C(=O)[C@@H](Cc3ccccc3)NC(=O)CN(C)C(=O)[C@@H](Cc3ccccc3)NC(=O)[C@H](Cc3ccc(O)cc3)N(C)C(=O)COc3cccc2c3)c(OC)c1OC. The van der Waals surface area contributed by atoms with Crippen molar-refractivity contribution in [2.24, 2.45) is 5.41 Å². The zero-order valence-corrected chi connectivity index (χ0v) is 53.6. The van der Waals surface area contributed by atoms with Crippen molar-refractivity contribution in [3.63, 3.8) is 0 Å². The molecule has 0 unspecified atom stereocenters. The number of amides is 6.